The summed E-state index contributed by atoms with van der Waals surface area (Å²) >= 11 is 0. The minimum absolute atomic E-state index is 0.285. The van der Waals surface area contributed by atoms with Gasteiger partial charge in [0.1, 0.15) is 28.7 Å². The predicted molar refractivity (Wildman–Crippen MR) is 137 cm³/mol. The molecule has 0 unspecified atom stereocenters. The van der Waals surface area contributed by atoms with Gasteiger partial charge in [-0.1, -0.05) is 0 Å². The number of nitrogens with zero attached hydrogens (tertiary/aromatic N) is 4. The van der Waals surface area contributed by atoms with Crippen molar-refractivity contribution >= 4 is 29.0 Å². The molecule has 1 fully saturated rings. The fourth-order valence-electron chi connectivity index (χ4n) is 4.70. The second-order valence-corrected chi connectivity index (χ2v) is 9.35. The van der Waals surface area contributed by atoms with E-state index >= 15 is 4.39 Å². The van der Waals surface area contributed by atoms with E-state index in [0.717, 1.165) is 5.56 Å². The standard InChI is InChI=1S/C27H23F2N7O2/c1-30-26-32-14-15-12-20(23-31-10-11-36(23)22(15)35-26)19-13-18(6-7-21(19)29)34-25(38)27(8-9-27)24(37)33-17-4-2-16(28)3-5-17/h2-7,12-14,31H,8-11H2,1H3,(H,33,37)(H,34,38). The van der Waals surface area contributed by atoms with E-state index in [4.69, 9.17) is 0 Å². The molecule has 6 rings (SSSR count). The van der Waals surface area contributed by atoms with Gasteiger partial charge in [-0.3, -0.25) is 14.6 Å². The molecule has 0 atom stereocenters. The Kier molecular flexibility index (Phi) is 5.63. The van der Waals surface area contributed by atoms with Crippen LogP contribution in [0.3, 0.4) is 0 Å². The molecule has 0 bridgehead atoms. The Morgan fingerprint density at radius 3 is 2.42 bits per heavy atom. The van der Waals surface area contributed by atoms with Crippen LogP contribution in [-0.4, -0.2) is 39.9 Å². The molecule has 2 aromatic carbocycles. The van der Waals surface area contributed by atoms with E-state index in [-0.39, 0.29) is 5.56 Å². The number of nitrogens with one attached hydrogen (secondary N) is 3. The molecule has 0 saturated heterocycles. The number of amides is 2. The zero-order valence-electron chi connectivity index (χ0n) is 20.4. The van der Waals surface area contributed by atoms with Crippen molar-refractivity contribution in [3.8, 4) is 22.5 Å². The molecular formula is C27H23F2N7O2. The first-order valence-electron chi connectivity index (χ1n) is 12.1. The molecule has 38 heavy (non-hydrogen) atoms. The highest BCUT2D eigenvalue weighted by Crippen LogP contribution is 2.48. The number of rotatable bonds is 5. The number of pyridine rings is 1. The van der Waals surface area contributed by atoms with Gasteiger partial charge in [-0.05, 0) is 61.4 Å². The number of aromatic nitrogens is 3. The van der Waals surface area contributed by atoms with Crippen LogP contribution in [0.25, 0.3) is 22.5 Å². The fourth-order valence-corrected chi connectivity index (χ4v) is 4.70. The van der Waals surface area contributed by atoms with Gasteiger partial charge in [-0.25, -0.2) is 13.8 Å². The number of halogens is 2. The predicted octanol–water partition coefficient (Wildman–Crippen LogP) is 3.64. The molecule has 4 aliphatic rings. The number of anilines is 3. The monoisotopic (exact) mass is 515 g/mol. The van der Waals surface area contributed by atoms with Gasteiger partial charge in [0.25, 0.3) is 0 Å². The molecule has 192 valence electrons. The van der Waals surface area contributed by atoms with E-state index in [9.17, 15) is 14.0 Å². The lowest BCUT2D eigenvalue weighted by atomic mass is 10.0. The van der Waals surface area contributed by atoms with E-state index in [0.29, 0.717) is 60.1 Å². The quantitative estimate of drug-likeness (QED) is 0.351. The molecular weight excluding hydrogens is 492 g/mol. The maximum Gasteiger partial charge on any atom is 0.246 e. The molecule has 0 aromatic heterocycles. The van der Waals surface area contributed by atoms with Crippen LogP contribution in [0.5, 0.6) is 0 Å². The molecule has 3 aliphatic heterocycles. The maximum absolute atomic E-state index is 15.1. The molecule has 1 saturated carbocycles. The summed E-state index contributed by atoms with van der Waals surface area (Å²) in [5.41, 5.74) is 1.50. The number of hydrogen-bond acceptors (Lipinski definition) is 6. The van der Waals surface area contributed by atoms with Crippen molar-refractivity contribution in [3.63, 3.8) is 0 Å². The summed E-state index contributed by atoms with van der Waals surface area (Å²) < 4.78 is 30.3. The summed E-state index contributed by atoms with van der Waals surface area (Å²) in [4.78, 5) is 38.8. The van der Waals surface area contributed by atoms with E-state index < -0.39 is 28.9 Å². The Labute approximate surface area is 216 Å². The summed E-state index contributed by atoms with van der Waals surface area (Å²) in [7, 11) is 1.62. The molecule has 1 aliphatic carbocycles. The van der Waals surface area contributed by atoms with Crippen molar-refractivity contribution in [2.24, 2.45) is 10.4 Å². The number of benzene rings is 2. The van der Waals surface area contributed by atoms with Crippen LogP contribution in [0.15, 0.2) is 59.7 Å². The molecule has 0 radical (unpaired) electrons. The highest BCUT2D eigenvalue weighted by atomic mass is 19.1. The van der Waals surface area contributed by atoms with E-state index in [2.05, 4.69) is 30.9 Å². The Balaban J connectivity index is 1.30. The van der Waals surface area contributed by atoms with Crippen molar-refractivity contribution in [1.82, 2.24) is 14.5 Å². The first-order valence-corrected chi connectivity index (χ1v) is 12.1. The minimum atomic E-state index is -1.23. The smallest absolute Gasteiger partial charge is 0.246 e. The topological polar surface area (TPSA) is 113 Å². The van der Waals surface area contributed by atoms with E-state index in [1.807, 2.05) is 10.6 Å². The molecule has 11 heteroatoms. The minimum Gasteiger partial charge on any atom is -0.369 e. The summed E-state index contributed by atoms with van der Waals surface area (Å²) in [5.74, 6) is -0.427. The third-order valence-electron chi connectivity index (χ3n) is 6.93. The van der Waals surface area contributed by atoms with Crippen LogP contribution in [-0.2, 0) is 16.1 Å². The summed E-state index contributed by atoms with van der Waals surface area (Å²) in [6, 6.07) is 11.4. The van der Waals surface area contributed by atoms with E-state index in [1.54, 1.807) is 19.3 Å². The summed E-state index contributed by atoms with van der Waals surface area (Å²) in [6.45, 7) is 1.29. The van der Waals surface area contributed by atoms with Crippen LogP contribution in [0.4, 0.5) is 26.0 Å². The van der Waals surface area contributed by atoms with Crippen molar-refractivity contribution in [2.45, 2.75) is 19.4 Å². The van der Waals surface area contributed by atoms with Crippen molar-refractivity contribution < 1.29 is 18.4 Å². The van der Waals surface area contributed by atoms with E-state index in [1.165, 1.54) is 36.4 Å². The SMILES string of the molecule is CN=c1ncc2cc(-c3cc(NC(=O)C4(C(=O)Nc5ccc(F)cc5)CC4)ccc3F)c3n(c-2n1)CCN3. The van der Waals surface area contributed by atoms with Crippen LogP contribution >= 0.6 is 0 Å². The molecule has 0 spiro atoms. The summed E-state index contributed by atoms with van der Waals surface area (Å²) in [5, 5.41) is 8.77. The Morgan fingerprint density at radius 2 is 1.71 bits per heavy atom. The van der Waals surface area contributed by atoms with Gasteiger partial charge >= 0.3 is 0 Å². The van der Waals surface area contributed by atoms with Crippen LogP contribution in [0.2, 0.25) is 0 Å². The first-order chi connectivity index (χ1) is 18.4. The normalized spacial score (nSPS) is 15.6. The largest absolute Gasteiger partial charge is 0.369 e. The molecule has 9 nitrogen and oxygen atoms in total. The lowest BCUT2D eigenvalue weighted by Crippen LogP contribution is -2.35. The van der Waals surface area contributed by atoms with Crippen molar-refractivity contribution in [1.29, 1.82) is 0 Å². The number of hydrogen-bond donors (Lipinski definition) is 3. The van der Waals surface area contributed by atoms with Gasteiger partial charge in [-0.15, -0.1) is 0 Å². The lowest BCUT2D eigenvalue weighted by molar-refractivity contribution is -0.131. The second kappa shape index (κ2) is 9.02. The van der Waals surface area contributed by atoms with Crippen LogP contribution in [0, 0.1) is 17.0 Å². The molecule has 2 amide bonds. The van der Waals surface area contributed by atoms with Gasteiger partial charge in [0, 0.05) is 54.4 Å². The van der Waals surface area contributed by atoms with Gasteiger partial charge in [-0.2, -0.15) is 4.98 Å². The Bertz CT molecular complexity index is 1630. The zero-order chi connectivity index (χ0) is 26.4. The third-order valence-corrected chi connectivity index (χ3v) is 6.93. The fraction of sp³-hybridized carbons (Fsp3) is 0.222. The first kappa shape index (κ1) is 23.7. The number of carbonyl (C=O) groups excluding carboxylic acids is 2. The average molecular weight is 516 g/mol. The van der Waals surface area contributed by atoms with Crippen molar-refractivity contribution in [2.75, 3.05) is 29.5 Å². The molecule has 3 heterocycles. The van der Waals surface area contributed by atoms with Gasteiger partial charge in [0.05, 0.1) is 0 Å². The Hall–Kier alpha value is -4.67. The number of carbonyl (C=O) groups is 2. The highest BCUT2D eigenvalue weighted by molar-refractivity contribution is 6.17. The average Bonchev–Trinajstić information content (AvgIpc) is 3.60. The maximum atomic E-state index is 15.1. The number of fused-ring (bicyclic) bond motifs is 3. The second-order valence-electron chi connectivity index (χ2n) is 9.35. The highest BCUT2D eigenvalue weighted by Gasteiger charge is 2.56. The van der Waals surface area contributed by atoms with Crippen molar-refractivity contribution in [3.05, 3.63) is 72.0 Å². The van der Waals surface area contributed by atoms with Crippen LogP contribution in [0.1, 0.15) is 12.8 Å². The van der Waals surface area contributed by atoms with Gasteiger partial charge in [0.2, 0.25) is 17.4 Å². The molecule has 3 N–H and O–H groups in total. The Morgan fingerprint density at radius 1 is 1.00 bits per heavy atom. The third kappa shape index (κ3) is 4.05. The zero-order valence-corrected chi connectivity index (χ0v) is 20.4. The van der Waals surface area contributed by atoms with Gasteiger partial charge < -0.3 is 20.5 Å². The van der Waals surface area contributed by atoms with Crippen LogP contribution < -0.4 is 21.6 Å². The van der Waals surface area contributed by atoms with Gasteiger partial charge in [0.15, 0.2) is 0 Å². The summed E-state index contributed by atoms with van der Waals surface area (Å²) in [6.07, 6.45) is 2.41. The molecule has 2 aromatic rings. The lowest BCUT2D eigenvalue weighted by Gasteiger charge is -2.19.